The van der Waals surface area contributed by atoms with Crippen molar-refractivity contribution in [3.8, 4) is 0 Å². The molecule has 1 fully saturated rings. The third-order valence-electron chi connectivity index (χ3n) is 6.33. The third kappa shape index (κ3) is 4.71. The minimum atomic E-state index is -4.87. The lowest BCUT2D eigenvalue weighted by Crippen LogP contribution is -2.45. The van der Waals surface area contributed by atoms with Gasteiger partial charge in [0.1, 0.15) is 22.3 Å². The number of aryl methyl sites for hydroxylation is 3. The van der Waals surface area contributed by atoms with Gasteiger partial charge >= 0.3 is 6.18 Å². The topological polar surface area (TPSA) is 79.1 Å². The molecular formula is C22H29F3N6OS. The van der Waals surface area contributed by atoms with Crippen molar-refractivity contribution in [1.29, 1.82) is 0 Å². The number of rotatable bonds is 7. The molecule has 0 saturated carbocycles. The molecule has 0 amide bonds. The van der Waals surface area contributed by atoms with Gasteiger partial charge in [-0.2, -0.15) is 13.2 Å². The molecule has 0 aromatic carbocycles. The highest BCUT2D eigenvalue weighted by molar-refractivity contribution is 7.18. The van der Waals surface area contributed by atoms with Crippen LogP contribution in [-0.4, -0.2) is 55.3 Å². The first-order valence-corrected chi connectivity index (χ1v) is 11.9. The van der Waals surface area contributed by atoms with E-state index in [1.165, 1.54) is 30.4 Å². The Bertz CT molecular complexity index is 1120. The minimum Gasteiger partial charge on any atom is -0.374 e. The first-order chi connectivity index (χ1) is 15.6. The molecule has 1 aliphatic heterocycles. The van der Waals surface area contributed by atoms with Gasteiger partial charge in [0, 0.05) is 37.3 Å². The smallest absolute Gasteiger partial charge is 0.374 e. The third-order valence-corrected chi connectivity index (χ3v) is 7.43. The molecule has 0 bridgehead atoms. The number of alkyl halides is 3. The summed E-state index contributed by atoms with van der Waals surface area (Å²) in [4.78, 5) is 17.4. The number of nitrogens with zero attached hydrogens (tertiary/aromatic N) is 5. The number of thiophene rings is 1. The number of hydrogen-bond acceptors (Lipinski definition) is 7. The Morgan fingerprint density at radius 3 is 2.52 bits per heavy atom. The van der Waals surface area contributed by atoms with Crippen LogP contribution < -0.4 is 5.32 Å². The molecular weight excluding hydrogens is 453 g/mol. The predicted octanol–water partition coefficient (Wildman–Crippen LogP) is 4.28. The van der Waals surface area contributed by atoms with Crippen LogP contribution in [0.1, 0.15) is 47.8 Å². The summed E-state index contributed by atoms with van der Waals surface area (Å²) >= 11 is 1.56. The monoisotopic (exact) mass is 482 g/mol. The Labute approximate surface area is 194 Å². The summed E-state index contributed by atoms with van der Waals surface area (Å²) in [5.74, 6) is 0.736. The molecule has 33 heavy (non-hydrogen) atoms. The van der Waals surface area contributed by atoms with Gasteiger partial charge in [0.2, 0.25) is 5.60 Å². The van der Waals surface area contributed by atoms with E-state index < -0.39 is 24.0 Å². The molecule has 11 heteroatoms. The summed E-state index contributed by atoms with van der Waals surface area (Å²) in [6.45, 7) is 6.43. The van der Waals surface area contributed by atoms with Gasteiger partial charge in [0.15, 0.2) is 0 Å². The first kappa shape index (κ1) is 23.9. The van der Waals surface area contributed by atoms with Crippen LogP contribution >= 0.6 is 11.3 Å². The molecule has 180 valence electrons. The largest absolute Gasteiger partial charge is 0.424 e. The maximum atomic E-state index is 13.9. The second-order valence-corrected chi connectivity index (χ2v) is 9.89. The number of fused-ring (bicyclic) bond motifs is 1. The van der Waals surface area contributed by atoms with Gasteiger partial charge in [-0.05, 0) is 45.3 Å². The molecule has 7 nitrogen and oxygen atoms in total. The Morgan fingerprint density at radius 1 is 1.15 bits per heavy atom. The number of halogens is 3. The van der Waals surface area contributed by atoms with E-state index in [0.29, 0.717) is 18.2 Å². The second kappa shape index (κ2) is 9.19. The first-order valence-electron chi connectivity index (χ1n) is 11.1. The Morgan fingerprint density at radius 2 is 1.88 bits per heavy atom. The second-order valence-electron chi connectivity index (χ2n) is 8.69. The van der Waals surface area contributed by atoms with E-state index in [9.17, 15) is 18.3 Å². The Balaban J connectivity index is 1.60. The van der Waals surface area contributed by atoms with Gasteiger partial charge in [-0.3, -0.25) is 4.90 Å². The SMILES string of the molecule is Cc1sc2nc(CN3CCCCC3)nc(NCCC(O)(c3nccn3C)C(F)(F)F)c2c1C. The van der Waals surface area contributed by atoms with Crippen LogP contribution in [0.25, 0.3) is 10.2 Å². The van der Waals surface area contributed by atoms with E-state index in [1.807, 2.05) is 13.8 Å². The van der Waals surface area contributed by atoms with Gasteiger partial charge in [-0.1, -0.05) is 6.42 Å². The molecule has 1 unspecified atom stereocenters. The minimum absolute atomic E-state index is 0.132. The number of aromatic nitrogens is 4. The van der Waals surface area contributed by atoms with E-state index in [2.05, 4.69) is 15.2 Å². The molecule has 0 spiro atoms. The van der Waals surface area contributed by atoms with Gasteiger partial charge < -0.3 is 15.0 Å². The van der Waals surface area contributed by atoms with Gasteiger partial charge in [0.05, 0.1) is 11.9 Å². The van der Waals surface area contributed by atoms with E-state index in [0.717, 1.165) is 46.6 Å². The molecule has 3 aromatic rings. The summed E-state index contributed by atoms with van der Waals surface area (Å²) in [7, 11) is 1.44. The normalized spacial score (nSPS) is 17.4. The summed E-state index contributed by atoms with van der Waals surface area (Å²) in [6, 6.07) is 0. The van der Waals surface area contributed by atoms with E-state index in [4.69, 9.17) is 9.97 Å². The van der Waals surface area contributed by atoms with Crippen LogP contribution in [0.4, 0.5) is 19.0 Å². The predicted molar refractivity (Wildman–Crippen MR) is 122 cm³/mol. The van der Waals surface area contributed by atoms with Crippen molar-refractivity contribution in [3.05, 3.63) is 34.5 Å². The van der Waals surface area contributed by atoms with Gasteiger partial charge in [0.25, 0.3) is 0 Å². The fraction of sp³-hybridized carbons (Fsp3) is 0.591. The van der Waals surface area contributed by atoms with Gasteiger partial charge in [-0.25, -0.2) is 15.0 Å². The fourth-order valence-electron chi connectivity index (χ4n) is 4.32. The number of imidazole rings is 1. The average molecular weight is 483 g/mol. The molecule has 0 aliphatic carbocycles. The molecule has 1 aliphatic rings. The highest BCUT2D eigenvalue weighted by Crippen LogP contribution is 2.41. The highest BCUT2D eigenvalue weighted by Gasteiger charge is 2.57. The van der Waals surface area contributed by atoms with E-state index in [-0.39, 0.29) is 6.54 Å². The van der Waals surface area contributed by atoms with Crippen LogP contribution in [0, 0.1) is 13.8 Å². The highest BCUT2D eigenvalue weighted by atomic mass is 32.1. The fourth-order valence-corrected chi connectivity index (χ4v) is 5.36. The number of nitrogens with one attached hydrogen (secondary N) is 1. The summed E-state index contributed by atoms with van der Waals surface area (Å²) in [5, 5.41) is 14.5. The quantitative estimate of drug-likeness (QED) is 0.523. The standard InChI is InChI=1S/C22H29F3N6OS/c1-14-15(2)33-19-17(14)18(28-16(29-19)13-31-10-5-4-6-11-31)26-8-7-21(32,22(23,24)25)20-27-9-12-30(20)3/h9,12,32H,4-8,10-11,13H2,1-3H3,(H,26,28,29). The molecule has 4 heterocycles. The molecule has 4 rings (SSSR count). The Kier molecular flexibility index (Phi) is 6.66. The van der Waals surface area contributed by atoms with Crippen molar-refractivity contribution >= 4 is 27.4 Å². The number of likely N-dealkylation sites (tertiary alicyclic amines) is 1. The summed E-state index contributed by atoms with van der Waals surface area (Å²) in [6.07, 6.45) is 0.682. The zero-order valence-electron chi connectivity index (χ0n) is 19.0. The number of anilines is 1. The van der Waals surface area contributed by atoms with E-state index in [1.54, 1.807) is 11.3 Å². The van der Waals surface area contributed by atoms with Crippen molar-refractivity contribution in [3.63, 3.8) is 0 Å². The van der Waals surface area contributed by atoms with Crippen molar-refractivity contribution in [2.45, 2.75) is 57.9 Å². The van der Waals surface area contributed by atoms with Crippen molar-refractivity contribution in [2.75, 3.05) is 25.0 Å². The van der Waals surface area contributed by atoms with Crippen LogP contribution in [0.15, 0.2) is 12.4 Å². The average Bonchev–Trinajstić information content (AvgIpc) is 3.31. The van der Waals surface area contributed by atoms with Crippen LogP contribution in [-0.2, 0) is 19.2 Å². The maximum Gasteiger partial charge on any atom is 0.424 e. The van der Waals surface area contributed by atoms with Crippen LogP contribution in [0.3, 0.4) is 0 Å². The summed E-state index contributed by atoms with van der Waals surface area (Å²) < 4.78 is 42.8. The zero-order chi connectivity index (χ0) is 23.8. The van der Waals surface area contributed by atoms with Crippen LogP contribution in [0.2, 0.25) is 0 Å². The van der Waals surface area contributed by atoms with E-state index >= 15 is 0 Å². The molecule has 2 N–H and O–H groups in total. The maximum absolute atomic E-state index is 13.9. The molecule has 1 atom stereocenters. The van der Waals surface area contributed by atoms with Crippen molar-refractivity contribution in [1.82, 2.24) is 24.4 Å². The van der Waals surface area contributed by atoms with Crippen LogP contribution in [0.5, 0.6) is 0 Å². The number of piperidine rings is 1. The molecule has 0 radical (unpaired) electrons. The summed E-state index contributed by atoms with van der Waals surface area (Å²) in [5.41, 5.74) is -2.06. The van der Waals surface area contributed by atoms with Crippen molar-refractivity contribution in [2.24, 2.45) is 7.05 Å². The van der Waals surface area contributed by atoms with Gasteiger partial charge in [-0.15, -0.1) is 11.3 Å². The number of hydrogen-bond donors (Lipinski definition) is 2. The van der Waals surface area contributed by atoms with Crippen molar-refractivity contribution < 1.29 is 18.3 Å². The lowest BCUT2D eigenvalue weighted by atomic mass is 9.97. The lowest BCUT2D eigenvalue weighted by molar-refractivity contribution is -0.271. The number of aliphatic hydroxyl groups is 1. The Hall–Kier alpha value is -2.24. The molecule has 3 aromatic heterocycles. The molecule has 1 saturated heterocycles. The zero-order valence-corrected chi connectivity index (χ0v) is 19.9. The lowest BCUT2D eigenvalue weighted by Gasteiger charge is -2.30.